The molecule has 0 fully saturated rings. The molecule has 5 heteroatoms. The van der Waals surface area contributed by atoms with Gasteiger partial charge in [0.15, 0.2) is 0 Å². The Hall–Kier alpha value is -1.26. The molecule has 5 nitrogen and oxygen atoms in total. The van der Waals surface area contributed by atoms with Crippen LogP contribution in [0.2, 0.25) is 0 Å². The second-order valence-electron chi connectivity index (χ2n) is 3.90. The van der Waals surface area contributed by atoms with Gasteiger partial charge < -0.3 is 16.0 Å². The summed E-state index contributed by atoms with van der Waals surface area (Å²) >= 11 is 0. The number of carbonyl (C=O) groups excluding carboxylic acids is 2. The lowest BCUT2D eigenvalue weighted by Gasteiger charge is -2.12. The smallest absolute Gasteiger partial charge is 0.314 e. The molecule has 0 saturated heterocycles. The van der Waals surface area contributed by atoms with Crippen LogP contribution in [0.1, 0.15) is 40.0 Å². The number of nitrogens with one attached hydrogen (secondary N) is 3. The van der Waals surface area contributed by atoms with E-state index >= 15 is 0 Å². The van der Waals surface area contributed by atoms with Gasteiger partial charge in [-0.1, -0.05) is 6.92 Å². The molecule has 0 aliphatic rings. The third-order valence-electron chi connectivity index (χ3n) is 2.25. The maximum atomic E-state index is 11.3. The van der Waals surface area contributed by atoms with Gasteiger partial charge in [-0.25, -0.2) is 4.79 Å². The number of hydrogen-bond acceptors (Lipinski definition) is 2. The summed E-state index contributed by atoms with van der Waals surface area (Å²) in [5.41, 5.74) is 0. The van der Waals surface area contributed by atoms with Gasteiger partial charge in [-0.15, -0.1) is 0 Å². The van der Waals surface area contributed by atoms with Crippen LogP contribution in [0.25, 0.3) is 0 Å². The van der Waals surface area contributed by atoms with Gasteiger partial charge in [0.05, 0.1) is 0 Å². The zero-order valence-corrected chi connectivity index (χ0v) is 10.4. The van der Waals surface area contributed by atoms with Crippen molar-refractivity contribution in [3.05, 3.63) is 0 Å². The third-order valence-corrected chi connectivity index (χ3v) is 2.25. The van der Waals surface area contributed by atoms with E-state index in [0.29, 0.717) is 13.1 Å². The molecule has 0 rings (SSSR count). The molecule has 1 unspecified atom stereocenters. The molecule has 94 valence electrons. The van der Waals surface area contributed by atoms with E-state index in [4.69, 9.17) is 0 Å². The fourth-order valence-corrected chi connectivity index (χ4v) is 1.09. The molecule has 1 atom stereocenters. The monoisotopic (exact) mass is 229 g/mol. The lowest BCUT2D eigenvalue weighted by molar-refractivity contribution is -0.118. The summed E-state index contributed by atoms with van der Waals surface area (Å²) in [5.74, 6) is -0.0116. The van der Waals surface area contributed by atoms with Crippen molar-refractivity contribution in [2.45, 2.75) is 46.1 Å². The van der Waals surface area contributed by atoms with Gasteiger partial charge in [-0.3, -0.25) is 4.79 Å². The second-order valence-corrected chi connectivity index (χ2v) is 3.90. The first-order valence-corrected chi connectivity index (χ1v) is 5.85. The summed E-state index contributed by atoms with van der Waals surface area (Å²) in [7, 11) is 0. The molecule has 0 aromatic rings. The molecular weight excluding hydrogens is 206 g/mol. The van der Waals surface area contributed by atoms with Crippen LogP contribution in [-0.4, -0.2) is 31.1 Å². The number of rotatable bonds is 7. The van der Waals surface area contributed by atoms with Crippen molar-refractivity contribution in [1.82, 2.24) is 16.0 Å². The highest BCUT2D eigenvalue weighted by molar-refractivity contribution is 5.74. The van der Waals surface area contributed by atoms with E-state index in [-0.39, 0.29) is 18.0 Å². The predicted molar refractivity (Wildman–Crippen MR) is 64.2 cm³/mol. The van der Waals surface area contributed by atoms with Crippen LogP contribution >= 0.6 is 0 Å². The first-order valence-electron chi connectivity index (χ1n) is 5.85. The van der Waals surface area contributed by atoms with Crippen LogP contribution in [0.15, 0.2) is 0 Å². The van der Waals surface area contributed by atoms with Crippen molar-refractivity contribution >= 4 is 11.9 Å². The van der Waals surface area contributed by atoms with E-state index in [2.05, 4.69) is 16.0 Å². The molecule has 3 amide bonds. The highest BCUT2D eigenvalue weighted by atomic mass is 16.2. The molecule has 0 spiro atoms. The highest BCUT2D eigenvalue weighted by Gasteiger charge is 2.03. The van der Waals surface area contributed by atoms with Crippen molar-refractivity contribution < 1.29 is 9.59 Å². The Bertz CT molecular complexity index is 219. The van der Waals surface area contributed by atoms with Crippen molar-refractivity contribution in [2.24, 2.45) is 0 Å². The Morgan fingerprint density at radius 2 is 1.69 bits per heavy atom. The van der Waals surface area contributed by atoms with Crippen molar-refractivity contribution in [3.8, 4) is 0 Å². The number of carbonyl (C=O) groups is 2. The van der Waals surface area contributed by atoms with Crippen LogP contribution in [0.3, 0.4) is 0 Å². The minimum absolute atomic E-state index is 0.0116. The van der Waals surface area contributed by atoms with Gasteiger partial charge in [-0.2, -0.15) is 0 Å². The topological polar surface area (TPSA) is 70.2 Å². The van der Waals surface area contributed by atoms with E-state index in [0.717, 1.165) is 19.3 Å². The first kappa shape index (κ1) is 14.7. The molecule has 16 heavy (non-hydrogen) atoms. The largest absolute Gasteiger partial charge is 0.356 e. The summed E-state index contributed by atoms with van der Waals surface area (Å²) in [6, 6.07) is 0.0910. The Kier molecular flexibility index (Phi) is 8.29. The Balaban J connectivity index is 3.31. The summed E-state index contributed by atoms with van der Waals surface area (Å²) in [5, 5.41) is 8.30. The van der Waals surface area contributed by atoms with Gasteiger partial charge in [-0.05, 0) is 26.2 Å². The maximum absolute atomic E-state index is 11.3. The van der Waals surface area contributed by atoms with Gasteiger partial charge in [0, 0.05) is 26.1 Å². The van der Waals surface area contributed by atoms with E-state index < -0.39 is 0 Å². The lowest BCUT2D eigenvalue weighted by atomic mass is 10.3. The fourth-order valence-electron chi connectivity index (χ4n) is 1.09. The standard InChI is InChI=1S/C11H23N3O2/c1-4-9(2)14-11(16)13-8-6-5-7-12-10(3)15/h9H,4-8H2,1-3H3,(H,12,15)(H2,13,14,16). The molecule has 3 N–H and O–H groups in total. The predicted octanol–water partition coefficient (Wildman–Crippen LogP) is 1.00. The summed E-state index contributed by atoms with van der Waals surface area (Å²) in [6.07, 6.45) is 2.67. The number of hydrogen-bond donors (Lipinski definition) is 3. The number of urea groups is 1. The van der Waals surface area contributed by atoms with Crippen LogP contribution in [0.5, 0.6) is 0 Å². The van der Waals surface area contributed by atoms with Crippen LogP contribution in [-0.2, 0) is 4.79 Å². The second kappa shape index (κ2) is 9.00. The molecule has 0 aliphatic heterocycles. The molecule has 0 aliphatic carbocycles. The lowest BCUT2D eigenvalue weighted by Crippen LogP contribution is -2.40. The number of amides is 3. The van der Waals surface area contributed by atoms with Crippen LogP contribution in [0, 0.1) is 0 Å². The van der Waals surface area contributed by atoms with Gasteiger partial charge in [0.2, 0.25) is 5.91 Å². The molecule has 0 radical (unpaired) electrons. The first-order chi connectivity index (χ1) is 7.56. The molecule has 0 aromatic heterocycles. The number of unbranched alkanes of at least 4 members (excludes halogenated alkanes) is 1. The molecular formula is C11H23N3O2. The SMILES string of the molecule is CCC(C)NC(=O)NCCCCNC(C)=O. The van der Waals surface area contributed by atoms with Crippen LogP contribution < -0.4 is 16.0 Å². The quantitative estimate of drug-likeness (QED) is 0.570. The summed E-state index contributed by atoms with van der Waals surface area (Å²) in [4.78, 5) is 21.8. The Morgan fingerprint density at radius 3 is 2.19 bits per heavy atom. The summed E-state index contributed by atoms with van der Waals surface area (Å²) in [6.45, 7) is 6.80. The van der Waals surface area contributed by atoms with E-state index in [1.807, 2.05) is 13.8 Å². The van der Waals surface area contributed by atoms with Crippen molar-refractivity contribution in [1.29, 1.82) is 0 Å². The van der Waals surface area contributed by atoms with E-state index in [1.165, 1.54) is 6.92 Å². The molecule has 0 bridgehead atoms. The van der Waals surface area contributed by atoms with Crippen LogP contribution in [0.4, 0.5) is 4.79 Å². The minimum atomic E-state index is -0.117. The van der Waals surface area contributed by atoms with E-state index in [9.17, 15) is 9.59 Å². The van der Waals surface area contributed by atoms with Gasteiger partial charge >= 0.3 is 6.03 Å². The van der Waals surface area contributed by atoms with Gasteiger partial charge in [0.1, 0.15) is 0 Å². The normalized spacial score (nSPS) is 11.7. The third kappa shape index (κ3) is 9.30. The minimum Gasteiger partial charge on any atom is -0.356 e. The average molecular weight is 229 g/mol. The Labute approximate surface area is 97.4 Å². The Morgan fingerprint density at radius 1 is 1.12 bits per heavy atom. The zero-order valence-electron chi connectivity index (χ0n) is 10.4. The molecule has 0 saturated carbocycles. The zero-order chi connectivity index (χ0) is 12.4. The molecule has 0 aromatic carbocycles. The van der Waals surface area contributed by atoms with Gasteiger partial charge in [0.25, 0.3) is 0 Å². The van der Waals surface area contributed by atoms with Crippen molar-refractivity contribution in [2.75, 3.05) is 13.1 Å². The maximum Gasteiger partial charge on any atom is 0.314 e. The fraction of sp³-hybridized carbons (Fsp3) is 0.818. The average Bonchev–Trinajstić information content (AvgIpc) is 2.22. The molecule has 0 heterocycles. The van der Waals surface area contributed by atoms with Crippen molar-refractivity contribution in [3.63, 3.8) is 0 Å². The van der Waals surface area contributed by atoms with E-state index in [1.54, 1.807) is 0 Å². The summed E-state index contributed by atoms with van der Waals surface area (Å²) < 4.78 is 0. The highest BCUT2D eigenvalue weighted by Crippen LogP contribution is 1.88.